The van der Waals surface area contributed by atoms with Crippen molar-refractivity contribution in [3.05, 3.63) is 0 Å². The molecular formula is CH3F3Pb. The normalized spacial score (nSPS) is 7.20. The Kier molecular flexibility index (Phi) is 8.67. The molecule has 0 bridgehead atoms. The van der Waals surface area contributed by atoms with Crippen LogP contribution in [-0.4, -0.2) is 34.0 Å². The standard InChI is InChI=1S/CHF3.Pb.2H/c2-1(3)4;;;/h1H;;;. The summed E-state index contributed by atoms with van der Waals surface area (Å²) >= 11 is 0. The van der Waals surface area contributed by atoms with Crippen molar-refractivity contribution in [2.45, 2.75) is 6.68 Å². The van der Waals surface area contributed by atoms with Crippen molar-refractivity contribution in [1.82, 2.24) is 0 Å². The monoisotopic (exact) mass is 280 g/mol. The van der Waals surface area contributed by atoms with Crippen LogP contribution in [0.15, 0.2) is 0 Å². The average Bonchev–Trinajstić information content (AvgIpc) is 0.811. The van der Waals surface area contributed by atoms with E-state index >= 15 is 0 Å². The van der Waals surface area contributed by atoms with Crippen molar-refractivity contribution >= 4 is 27.3 Å². The Hall–Kier alpha value is 0.712. The van der Waals surface area contributed by atoms with Crippen molar-refractivity contribution in [2.24, 2.45) is 0 Å². The van der Waals surface area contributed by atoms with E-state index in [0.29, 0.717) is 0 Å². The van der Waals surface area contributed by atoms with E-state index in [2.05, 4.69) is 0 Å². The van der Waals surface area contributed by atoms with Crippen LogP contribution in [0.3, 0.4) is 0 Å². The molecule has 0 nitrogen and oxygen atoms in total. The Morgan fingerprint density at radius 3 is 1.00 bits per heavy atom. The molecule has 0 heterocycles. The van der Waals surface area contributed by atoms with E-state index in [1.807, 2.05) is 0 Å². The maximum atomic E-state index is 9.67. The zero-order valence-electron chi connectivity index (χ0n) is 2.42. The second-order valence-corrected chi connectivity index (χ2v) is 0.247. The van der Waals surface area contributed by atoms with Crippen molar-refractivity contribution < 1.29 is 13.2 Å². The van der Waals surface area contributed by atoms with Crippen molar-refractivity contribution in [3.8, 4) is 0 Å². The third-order valence-electron chi connectivity index (χ3n) is 0. The van der Waals surface area contributed by atoms with Crippen LogP contribution in [0.25, 0.3) is 0 Å². The first-order valence-electron chi connectivity index (χ1n) is 0.655. The summed E-state index contributed by atoms with van der Waals surface area (Å²) in [4.78, 5) is 0. The van der Waals surface area contributed by atoms with Gasteiger partial charge in [-0.1, -0.05) is 0 Å². The van der Waals surface area contributed by atoms with Gasteiger partial charge in [0.1, 0.15) is 0 Å². The molecule has 0 aliphatic heterocycles. The fourth-order valence-corrected chi connectivity index (χ4v) is 0. The maximum absolute atomic E-state index is 9.67. The molecule has 0 amide bonds. The summed E-state index contributed by atoms with van der Waals surface area (Å²) in [7, 11) is 0. The molecule has 2 radical (unpaired) electrons. The summed E-state index contributed by atoms with van der Waals surface area (Å²) in [5, 5.41) is 0. The van der Waals surface area contributed by atoms with E-state index in [4.69, 9.17) is 0 Å². The third kappa shape index (κ3) is 68.4. The molecule has 0 spiro atoms. The van der Waals surface area contributed by atoms with Gasteiger partial charge < -0.3 is 0 Å². The van der Waals surface area contributed by atoms with E-state index in [9.17, 15) is 13.2 Å². The number of alkyl halides is 3. The zero-order chi connectivity index (χ0) is 3.58. The van der Waals surface area contributed by atoms with Gasteiger partial charge in [0.25, 0.3) is 0 Å². The zero-order valence-corrected chi connectivity index (χ0v) is 7.92. The molecule has 32 valence electrons. The number of halogens is 3. The number of rotatable bonds is 0. The minimum atomic E-state index is -3.67. The van der Waals surface area contributed by atoms with Crippen molar-refractivity contribution in [3.63, 3.8) is 0 Å². The van der Waals surface area contributed by atoms with Crippen LogP contribution in [0.2, 0.25) is 0 Å². The Balaban J connectivity index is 0. The van der Waals surface area contributed by atoms with Crippen LogP contribution in [0.4, 0.5) is 13.2 Å². The Morgan fingerprint density at radius 1 is 1.00 bits per heavy atom. The summed E-state index contributed by atoms with van der Waals surface area (Å²) < 4.78 is 29.0. The predicted molar refractivity (Wildman–Crippen MR) is 15.7 cm³/mol. The summed E-state index contributed by atoms with van der Waals surface area (Å²) in [6.07, 6.45) is 0. The van der Waals surface area contributed by atoms with Gasteiger partial charge in [-0.05, 0) is 0 Å². The first kappa shape index (κ1) is 9.20. The summed E-state index contributed by atoms with van der Waals surface area (Å²) in [6.45, 7) is -3.67. The van der Waals surface area contributed by atoms with E-state index < -0.39 is 6.68 Å². The average molecular weight is 279 g/mol. The van der Waals surface area contributed by atoms with Gasteiger partial charge in [0.15, 0.2) is 0 Å². The molecule has 0 unspecified atom stereocenters. The quantitative estimate of drug-likeness (QED) is 0.558. The molecule has 0 aromatic carbocycles. The molecule has 0 fully saturated rings. The summed E-state index contributed by atoms with van der Waals surface area (Å²) in [5.41, 5.74) is 0. The van der Waals surface area contributed by atoms with Crippen LogP contribution >= 0.6 is 0 Å². The van der Waals surface area contributed by atoms with Gasteiger partial charge in [0.2, 0.25) is 0 Å². The molecule has 0 aromatic rings. The first-order valence-corrected chi connectivity index (χ1v) is 0.655. The Morgan fingerprint density at radius 2 is 1.00 bits per heavy atom. The van der Waals surface area contributed by atoms with Crippen LogP contribution in [0.1, 0.15) is 0 Å². The molecule has 0 N–H and O–H groups in total. The van der Waals surface area contributed by atoms with Gasteiger partial charge in [-0.3, -0.25) is 0 Å². The second kappa shape index (κ2) is 4.71. The Labute approximate surface area is 47.5 Å². The third-order valence-corrected chi connectivity index (χ3v) is 0. The van der Waals surface area contributed by atoms with E-state index in [0.717, 1.165) is 0 Å². The minimum absolute atomic E-state index is 0. The molecule has 0 atom stereocenters. The molecule has 0 aliphatic rings. The van der Waals surface area contributed by atoms with Crippen molar-refractivity contribution in [2.75, 3.05) is 0 Å². The fourth-order valence-electron chi connectivity index (χ4n) is 0. The molecule has 0 saturated heterocycles. The van der Waals surface area contributed by atoms with Crippen LogP contribution < -0.4 is 0 Å². The van der Waals surface area contributed by atoms with Crippen LogP contribution in [0, 0.1) is 0 Å². The van der Waals surface area contributed by atoms with Gasteiger partial charge in [0, 0.05) is 0 Å². The van der Waals surface area contributed by atoms with Crippen LogP contribution in [0.5, 0.6) is 0 Å². The molecule has 0 saturated carbocycles. The molecule has 4 heteroatoms. The molecule has 5 heavy (non-hydrogen) atoms. The van der Waals surface area contributed by atoms with Gasteiger partial charge in [-0.15, -0.1) is 0 Å². The van der Waals surface area contributed by atoms with Crippen LogP contribution in [-0.2, 0) is 0 Å². The SMILES string of the molecule is FC(F)F.[PbH2]. The number of hydrogen-bond donors (Lipinski definition) is 0. The molecular weight excluding hydrogens is 276 g/mol. The Bertz CT molecular complexity index is 11.6. The second-order valence-electron chi connectivity index (χ2n) is 0.247. The summed E-state index contributed by atoms with van der Waals surface area (Å²) in [6, 6.07) is 0. The molecule has 0 rings (SSSR count). The van der Waals surface area contributed by atoms with Crippen molar-refractivity contribution in [1.29, 1.82) is 0 Å². The van der Waals surface area contributed by atoms with E-state index in [1.54, 1.807) is 0 Å². The van der Waals surface area contributed by atoms with E-state index in [-0.39, 0.29) is 27.3 Å². The first-order chi connectivity index (χ1) is 1.73. The van der Waals surface area contributed by atoms with Gasteiger partial charge >= 0.3 is 34.0 Å². The van der Waals surface area contributed by atoms with Gasteiger partial charge in [-0.2, -0.15) is 13.2 Å². The van der Waals surface area contributed by atoms with E-state index in [1.165, 1.54) is 0 Å². The number of hydrogen-bond acceptors (Lipinski definition) is 0. The topological polar surface area (TPSA) is 0 Å². The molecule has 0 aliphatic carbocycles. The predicted octanol–water partition coefficient (Wildman–Crippen LogP) is 0.262. The molecule has 0 aromatic heterocycles. The summed E-state index contributed by atoms with van der Waals surface area (Å²) in [5.74, 6) is 0. The van der Waals surface area contributed by atoms with Gasteiger partial charge in [0.05, 0.1) is 0 Å². The fraction of sp³-hybridized carbons (Fsp3) is 1.00. The van der Waals surface area contributed by atoms with Gasteiger partial charge in [-0.25, -0.2) is 0 Å².